The fourth-order valence-corrected chi connectivity index (χ4v) is 3.24. The van der Waals surface area contributed by atoms with Crippen molar-refractivity contribution in [1.82, 2.24) is 10.3 Å². The smallest absolute Gasteiger partial charge is 0.112 e. The van der Waals surface area contributed by atoms with Gasteiger partial charge in [0, 0.05) is 17.6 Å². The average Bonchev–Trinajstić information content (AvgIpc) is 2.83. The van der Waals surface area contributed by atoms with Crippen molar-refractivity contribution in [2.45, 2.75) is 51.1 Å². The molecule has 1 fully saturated rings. The van der Waals surface area contributed by atoms with Crippen LogP contribution in [-0.4, -0.2) is 11.0 Å². The Hall–Kier alpha value is -0.920. The molecule has 0 aromatic carbocycles. The van der Waals surface area contributed by atoms with Gasteiger partial charge >= 0.3 is 0 Å². The van der Waals surface area contributed by atoms with Gasteiger partial charge in [0.1, 0.15) is 5.01 Å². The molecule has 4 heteroatoms. The van der Waals surface area contributed by atoms with E-state index in [1.807, 2.05) is 11.6 Å². The molecule has 0 amide bonds. The van der Waals surface area contributed by atoms with Gasteiger partial charge in [-0.3, -0.25) is 0 Å². The van der Waals surface area contributed by atoms with Crippen molar-refractivity contribution in [2.24, 2.45) is 5.92 Å². The molecule has 2 atom stereocenters. The highest BCUT2D eigenvalue weighted by atomic mass is 32.1. The lowest BCUT2D eigenvalue weighted by Gasteiger charge is -2.35. The zero-order valence-corrected chi connectivity index (χ0v) is 11.3. The van der Waals surface area contributed by atoms with Gasteiger partial charge in [-0.05, 0) is 26.7 Å². The first-order chi connectivity index (χ1) is 8.13. The van der Waals surface area contributed by atoms with Crippen molar-refractivity contribution in [1.29, 1.82) is 5.26 Å². The van der Waals surface area contributed by atoms with E-state index in [1.54, 1.807) is 11.3 Å². The standard InChI is InChI=1S/C13H19N3S/c1-13(2,12-15-7-8-17-12)16-11-6-4-3-5-10(11)9-14/h7-8,10-11,16H,3-6H2,1-2H3. The Kier molecular flexibility index (Phi) is 3.80. The second-order valence-electron chi connectivity index (χ2n) is 5.23. The Morgan fingerprint density at radius 1 is 1.47 bits per heavy atom. The van der Waals surface area contributed by atoms with Gasteiger partial charge in [-0.2, -0.15) is 5.26 Å². The third-order valence-electron chi connectivity index (χ3n) is 3.45. The average molecular weight is 249 g/mol. The van der Waals surface area contributed by atoms with E-state index >= 15 is 0 Å². The minimum atomic E-state index is -0.134. The molecule has 1 aromatic rings. The Morgan fingerprint density at radius 2 is 2.24 bits per heavy atom. The summed E-state index contributed by atoms with van der Waals surface area (Å²) in [6, 6.07) is 2.75. The summed E-state index contributed by atoms with van der Waals surface area (Å²) in [5.74, 6) is 0.156. The molecule has 17 heavy (non-hydrogen) atoms. The largest absolute Gasteiger partial charge is 0.302 e. The molecule has 92 valence electrons. The van der Waals surface area contributed by atoms with Crippen LogP contribution in [0.3, 0.4) is 0 Å². The monoisotopic (exact) mass is 249 g/mol. The van der Waals surface area contributed by atoms with Crippen LogP contribution < -0.4 is 5.32 Å². The summed E-state index contributed by atoms with van der Waals surface area (Å²) in [7, 11) is 0. The summed E-state index contributed by atoms with van der Waals surface area (Å²) < 4.78 is 0. The summed E-state index contributed by atoms with van der Waals surface area (Å²) in [5, 5.41) is 15.9. The van der Waals surface area contributed by atoms with Gasteiger partial charge in [-0.1, -0.05) is 12.8 Å². The van der Waals surface area contributed by atoms with Crippen molar-refractivity contribution in [3.8, 4) is 6.07 Å². The van der Waals surface area contributed by atoms with Crippen LogP contribution in [0, 0.1) is 17.2 Å². The maximum absolute atomic E-state index is 9.19. The molecule has 2 rings (SSSR count). The minimum Gasteiger partial charge on any atom is -0.302 e. The number of hydrogen-bond donors (Lipinski definition) is 1. The summed E-state index contributed by atoms with van der Waals surface area (Å²) in [6.45, 7) is 4.30. The van der Waals surface area contributed by atoms with Crippen LogP contribution in [0.5, 0.6) is 0 Å². The quantitative estimate of drug-likeness (QED) is 0.895. The molecule has 1 aliphatic carbocycles. The van der Waals surface area contributed by atoms with Crippen LogP contribution in [0.2, 0.25) is 0 Å². The summed E-state index contributed by atoms with van der Waals surface area (Å²) >= 11 is 1.67. The van der Waals surface area contributed by atoms with E-state index in [0.717, 1.165) is 17.8 Å². The van der Waals surface area contributed by atoms with Gasteiger partial charge in [-0.25, -0.2) is 4.98 Å². The number of hydrogen-bond acceptors (Lipinski definition) is 4. The van der Waals surface area contributed by atoms with Gasteiger partial charge in [0.05, 0.1) is 17.5 Å². The number of aromatic nitrogens is 1. The molecule has 1 saturated carbocycles. The molecule has 1 N–H and O–H groups in total. The molecule has 1 aliphatic rings. The first-order valence-electron chi connectivity index (χ1n) is 6.21. The zero-order chi connectivity index (χ0) is 12.3. The molecular weight excluding hydrogens is 230 g/mol. The molecule has 0 saturated heterocycles. The number of nitrogens with one attached hydrogen (secondary N) is 1. The van der Waals surface area contributed by atoms with Crippen molar-refractivity contribution in [3.63, 3.8) is 0 Å². The third kappa shape index (κ3) is 2.85. The lowest BCUT2D eigenvalue weighted by atomic mass is 9.84. The predicted molar refractivity (Wildman–Crippen MR) is 69.6 cm³/mol. The SMILES string of the molecule is CC(C)(NC1CCCCC1C#N)c1nccs1. The minimum absolute atomic E-state index is 0.134. The van der Waals surface area contributed by atoms with Crippen LogP contribution in [-0.2, 0) is 5.54 Å². The number of nitriles is 1. The molecule has 1 aromatic heterocycles. The van der Waals surface area contributed by atoms with E-state index in [4.69, 9.17) is 0 Å². The Morgan fingerprint density at radius 3 is 2.88 bits per heavy atom. The molecule has 0 radical (unpaired) electrons. The van der Waals surface area contributed by atoms with Crippen molar-refractivity contribution < 1.29 is 0 Å². The zero-order valence-electron chi connectivity index (χ0n) is 10.4. The van der Waals surface area contributed by atoms with Crippen LogP contribution in [0.15, 0.2) is 11.6 Å². The first kappa shape index (κ1) is 12.5. The summed E-state index contributed by atoms with van der Waals surface area (Å²) in [6.07, 6.45) is 6.39. The summed E-state index contributed by atoms with van der Waals surface area (Å²) in [5.41, 5.74) is -0.134. The van der Waals surface area contributed by atoms with Crippen LogP contribution in [0.1, 0.15) is 44.5 Å². The number of thiazole rings is 1. The topological polar surface area (TPSA) is 48.7 Å². The fraction of sp³-hybridized carbons (Fsp3) is 0.692. The molecule has 0 aliphatic heterocycles. The highest BCUT2D eigenvalue weighted by molar-refractivity contribution is 7.09. The first-order valence-corrected chi connectivity index (χ1v) is 7.09. The fourth-order valence-electron chi connectivity index (χ4n) is 2.52. The van der Waals surface area contributed by atoms with E-state index < -0.39 is 0 Å². The number of rotatable bonds is 3. The third-order valence-corrected chi connectivity index (χ3v) is 4.54. The van der Waals surface area contributed by atoms with Gasteiger partial charge in [0.25, 0.3) is 0 Å². The van der Waals surface area contributed by atoms with E-state index in [2.05, 4.69) is 30.2 Å². The van der Waals surface area contributed by atoms with E-state index in [1.165, 1.54) is 12.8 Å². The van der Waals surface area contributed by atoms with E-state index in [0.29, 0.717) is 6.04 Å². The lowest BCUT2D eigenvalue weighted by Crippen LogP contribution is -2.48. The molecule has 3 nitrogen and oxygen atoms in total. The second kappa shape index (κ2) is 5.16. The van der Waals surface area contributed by atoms with Crippen molar-refractivity contribution in [3.05, 3.63) is 16.6 Å². The van der Waals surface area contributed by atoms with Crippen LogP contribution >= 0.6 is 11.3 Å². The Balaban J connectivity index is 2.07. The number of nitrogens with zero attached hydrogens (tertiary/aromatic N) is 2. The van der Waals surface area contributed by atoms with E-state index in [-0.39, 0.29) is 11.5 Å². The van der Waals surface area contributed by atoms with Gasteiger partial charge < -0.3 is 5.32 Å². The van der Waals surface area contributed by atoms with Gasteiger partial charge in [0.15, 0.2) is 0 Å². The second-order valence-corrected chi connectivity index (χ2v) is 6.13. The van der Waals surface area contributed by atoms with Crippen molar-refractivity contribution >= 4 is 11.3 Å². The Labute approximate surface area is 107 Å². The van der Waals surface area contributed by atoms with Crippen LogP contribution in [0.25, 0.3) is 0 Å². The summed E-state index contributed by atoms with van der Waals surface area (Å²) in [4.78, 5) is 4.38. The molecule has 2 unspecified atom stereocenters. The van der Waals surface area contributed by atoms with Crippen LogP contribution in [0.4, 0.5) is 0 Å². The predicted octanol–water partition coefficient (Wildman–Crippen LogP) is 3.05. The highest BCUT2D eigenvalue weighted by Crippen LogP contribution is 2.29. The lowest BCUT2D eigenvalue weighted by molar-refractivity contribution is 0.244. The Bertz CT molecular complexity index is 391. The molecular formula is C13H19N3S. The van der Waals surface area contributed by atoms with Gasteiger partial charge in [0.2, 0.25) is 0 Å². The molecule has 0 bridgehead atoms. The maximum atomic E-state index is 9.19. The van der Waals surface area contributed by atoms with Gasteiger partial charge in [-0.15, -0.1) is 11.3 Å². The van der Waals surface area contributed by atoms with Crippen molar-refractivity contribution in [2.75, 3.05) is 0 Å². The molecule has 0 spiro atoms. The maximum Gasteiger partial charge on any atom is 0.112 e. The normalized spacial score (nSPS) is 25.5. The van der Waals surface area contributed by atoms with E-state index in [9.17, 15) is 5.26 Å². The molecule has 1 heterocycles. The highest BCUT2D eigenvalue weighted by Gasteiger charge is 2.32.